The predicted molar refractivity (Wildman–Crippen MR) is 235 cm³/mol. The average molecular weight is 1150 g/mol. The quantitative estimate of drug-likeness (QED) is 0.0223. The van der Waals surface area contributed by atoms with Gasteiger partial charge < -0.3 is 30.2 Å². The molecular formula is C38H38Br3FK2N10O11. The number of rotatable bonds is 8. The summed E-state index contributed by atoms with van der Waals surface area (Å²) in [5.41, 5.74) is 0.731. The van der Waals surface area contributed by atoms with Crippen molar-refractivity contribution in [2.75, 3.05) is 21.4 Å². The summed E-state index contributed by atoms with van der Waals surface area (Å²) in [6.45, 7) is 3.62. The number of ether oxygens (including phenoxy) is 2. The topological polar surface area (TPSA) is 262 Å². The van der Waals surface area contributed by atoms with E-state index in [-0.39, 0.29) is 152 Å². The SMILES string of the molecule is CC#CCn1c(Br)nc2c1c(=O)[nH]c(=O)n2C.CC#CCn1c(Br)nc2c1c(=O)n(Cc1ncccc1C(=O)OC)c(=O)n2C.COC(=O)c1cccnc1CBr.O=CO[O-].[2H]CF.[H-].[K+].[K+]. The van der Waals surface area contributed by atoms with E-state index in [4.69, 9.17) is 16.2 Å². The van der Waals surface area contributed by atoms with Gasteiger partial charge in [-0.1, -0.05) is 27.8 Å². The Morgan fingerprint density at radius 3 is 1.75 bits per heavy atom. The van der Waals surface area contributed by atoms with E-state index in [2.05, 4.69) is 106 Å². The number of hydrogen-bond donors (Lipinski definition) is 1. The van der Waals surface area contributed by atoms with Crippen molar-refractivity contribution in [1.82, 2.24) is 47.8 Å². The molecule has 0 saturated heterocycles. The molecule has 336 valence electrons. The molecule has 0 aromatic carbocycles. The van der Waals surface area contributed by atoms with Crippen molar-refractivity contribution in [1.29, 1.82) is 0 Å². The predicted octanol–water partition coefficient (Wildman–Crippen LogP) is -3.97. The molecule has 21 nitrogen and oxygen atoms in total. The third-order valence-corrected chi connectivity index (χ3v) is 9.78. The monoisotopic (exact) mass is 1140 g/mol. The molecule has 0 amide bonds. The van der Waals surface area contributed by atoms with Crippen LogP contribution < -0.4 is 131 Å². The van der Waals surface area contributed by atoms with Crippen LogP contribution in [0.25, 0.3) is 22.3 Å². The summed E-state index contributed by atoms with van der Waals surface area (Å²) in [6.07, 6.45) is 3.12. The van der Waals surface area contributed by atoms with E-state index in [0.29, 0.717) is 43.8 Å². The zero-order valence-electron chi connectivity index (χ0n) is 38.1. The van der Waals surface area contributed by atoms with Crippen LogP contribution >= 0.6 is 47.8 Å². The number of fused-ring (bicyclic) bond motifs is 2. The number of nitrogens with zero attached hydrogens (tertiary/aromatic N) is 9. The zero-order chi connectivity index (χ0) is 48.1. The Hall–Kier alpha value is -3.27. The molecule has 0 saturated carbocycles. The van der Waals surface area contributed by atoms with Gasteiger partial charge in [-0.25, -0.2) is 29.1 Å². The number of esters is 2. The first kappa shape index (κ1) is 59.7. The first-order valence-corrected chi connectivity index (χ1v) is 20.0. The first-order chi connectivity index (χ1) is 30.6. The number of nitrogens with one attached hydrogen (secondary N) is 1. The first-order valence-electron chi connectivity index (χ1n) is 18.0. The normalized spacial score (nSPS) is 9.62. The van der Waals surface area contributed by atoms with Crippen LogP contribution in [0.5, 0.6) is 0 Å². The molecule has 1 N–H and O–H groups in total. The number of alkyl halides is 2. The second-order valence-electron chi connectivity index (χ2n) is 11.5. The van der Waals surface area contributed by atoms with Gasteiger partial charge in [0.2, 0.25) is 0 Å². The van der Waals surface area contributed by atoms with Gasteiger partial charge in [0.1, 0.15) is 0 Å². The van der Waals surface area contributed by atoms with Crippen molar-refractivity contribution in [2.45, 2.75) is 38.8 Å². The fourth-order valence-corrected chi connectivity index (χ4v) is 6.54. The Balaban J connectivity index is 0. The van der Waals surface area contributed by atoms with Gasteiger partial charge in [-0.2, -0.15) is 0 Å². The Morgan fingerprint density at radius 1 is 0.862 bits per heavy atom. The van der Waals surface area contributed by atoms with Gasteiger partial charge in [-0.05, 0) is 70.0 Å². The molecule has 0 atom stereocenters. The summed E-state index contributed by atoms with van der Waals surface area (Å²) in [4.78, 5) is 102. The average Bonchev–Trinajstić information content (AvgIpc) is 3.83. The van der Waals surface area contributed by atoms with Gasteiger partial charge in [0.25, 0.3) is 17.6 Å². The van der Waals surface area contributed by atoms with Crippen molar-refractivity contribution >= 4 is 88.5 Å². The smallest absolute Gasteiger partial charge is 1.00 e. The van der Waals surface area contributed by atoms with Crippen molar-refractivity contribution in [3.8, 4) is 23.7 Å². The maximum atomic E-state index is 13.1. The summed E-state index contributed by atoms with van der Waals surface area (Å²) >= 11 is 9.80. The van der Waals surface area contributed by atoms with Gasteiger partial charge >= 0.3 is 126 Å². The third kappa shape index (κ3) is 16.2. The van der Waals surface area contributed by atoms with Gasteiger partial charge in [-0.3, -0.25) is 47.4 Å². The van der Waals surface area contributed by atoms with Crippen molar-refractivity contribution < 1.29 is 144 Å². The van der Waals surface area contributed by atoms with Gasteiger partial charge in [0.15, 0.2) is 31.8 Å². The molecule has 0 fully saturated rings. The van der Waals surface area contributed by atoms with Crippen molar-refractivity contribution in [3.05, 3.63) is 110 Å². The Kier molecular flexibility index (Phi) is 29.1. The molecule has 0 bridgehead atoms. The number of aryl methyl sites for hydroxylation is 2. The van der Waals surface area contributed by atoms with Crippen LogP contribution in [-0.4, -0.2) is 87.5 Å². The number of H-pyrrole nitrogens is 1. The van der Waals surface area contributed by atoms with Crippen molar-refractivity contribution in [2.24, 2.45) is 14.1 Å². The van der Waals surface area contributed by atoms with Gasteiger partial charge in [-0.15, -0.1) is 11.8 Å². The van der Waals surface area contributed by atoms with Gasteiger partial charge in [0.05, 0.1) is 64.9 Å². The zero-order valence-corrected chi connectivity index (χ0v) is 47.1. The van der Waals surface area contributed by atoms with Crippen LogP contribution in [0.3, 0.4) is 0 Å². The number of carbonyl (C=O) groups is 3. The van der Waals surface area contributed by atoms with Crippen LogP contribution in [0.15, 0.2) is 65.3 Å². The second-order valence-corrected chi connectivity index (χ2v) is 13.5. The fraction of sp³-hybridized carbons (Fsp3) is 0.289. The number of methoxy groups -OCH3 is 2. The van der Waals surface area contributed by atoms with Crippen molar-refractivity contribution in [3.63, 3.8) is 0 Å². The Morgan fingerprint density at radius 2 is 1.31 bits per heavy atom. The molecule has 6 aromatic heterocycles. The molecule has 0 unspecified atom stereocenters. The largest absolute Gasteiger partial charge is 1.00 e. The van der Waals surface area contributed by atoms with Crippen LogP contribution in [0.2, 0.25) is 0 Å². The molecule has 6 rings (SSSR count). The Labute approximate surface area is 481 Å². The summed E-state index contributed by atoms with van der Waals surface area (Å²) < 4.78 is 32.5. The fourth-order valence-electron chi connectivity index (χ4n) is 5.15. The van der Waals surface area contributed by atoms with E-state index < -0.39 is 35.6 Å². The van der Waals surface area contributed by atoms with Crippen LogP contribution in [0, 0.1) is 23.7 Å². The number of imidazole rings is 2. The number of aromatic amines is 1. The number of aromatic nitrogens is 10. The second kappa shape index (κ2) is 31.7. The van der Waals surface area contributed by atoms with E-state index in [9.17, 15) is 33.2 Å². The molecule has 0 radical (unpaired) electrons. The number of pyridine rings is 2. The third-order valence-electron chi connectivity index (χ3n) is 8.04. The molecule has 27 heteroatoms. The maximum absolute atomic E-state index is 13.1. The molecule has 0 aliphatic rings. The minimum absolute atomic E-state index is 0. The molecular weight excluding hydrogens is 1110 g/mol. The summed E-state index contributed by atoms with van der Waals surface area (Å²) in [7, 11) is 4.68. The molecule has 0 aliphatic heterocycles. The number of carbonyl (C=O) groups excluding carboxylic acids is 3. The summed E-state index contributed by atoms with van der Waals surface area (Å²) in [5.74, 6) is 10.3. The minimum Gasteiger partial charge on any atom is -1.00 e. The number of halogens is 4. The Bertz CT molecular complexity index is 3000. The van der Waals surface area contributed by atoms with E-state index in [0.717, 1.165) is 4.57 Å². The molecule has 6 heterocycles. The van der Waals surface area contributed by atoms with Crippen LogP contribution in [0.4, 0.5) is 4.39 Å². The minimum atomic E-state index is -1.00. The van der Waals surface area contributed by atoms with Gasteiger partial charge in [0, 0.05) is 31.8 Å². The van der Waals surface area contributed by atoms with E-state index in [1.165, 1.54) is 42.7 Å². The van der Waals surface area contributed by atoms with E-state index in [1.54, 1.807) is 54.4 Å². The maximum Gasteiger partial charge on any atom is 1.00 e. The van der Waals surface area contributed by atoms with E-state index >= 15 is 0 Å². The standard InChI is InChI=1S/C18H16BrN5O4.C10H9BrN4O2.C8H8BrNO2.CH3F.CH2O3.2K.H/c1-4-5-9-23-13-14(21-17(23)19)22(2)18(27)24(15(13)25)10-12-11(16(26)28-3)7-6-8-20-12;1-3-4-5-15-6-7(12-9(15)11)14(2)10(17)13-8(6)16;1-12-8(11)6-3-2-4-10-7(6)5-9;1-2;2-1-4-3;;;/h6-8H,9-10H2,1-3H3;5H2,1-2H3,(H,13,16,17);2-4H,5H2,1H3;1H3;1,3H;;;/q;;;;;2*+1;-1/p-1/i;;;1D;;;;. The van der Waals surface area contributed by atoms with Crippen LogP contribution in [-0.2, 0) is 58.2 Å². The van der Waals surface area contributed by atoms with E-state index in [1.807, 2.05) is 0 Å². The molecule has 65 heavy (non-hydrogen) atoms. The summed E-state index contributed by atoms with van der Waals surface area (Å²) in [6, 6.07) is 6.50. The molecule has 0 spiro atoms. The number of hydrogen-bond acceptors (Lipinski definition) is 15. The summed E-state index contributed by atoms with van der Waals surface area (Å²) in [5, 5.41) is 8.98. The molecule has 6 aromatic rings. The molecule has 0 aliphatic carbocycles. The van der Waals surface area contributed by atoms with Crippen LogP contribution in [0.1, 0.15) is 48.7 Å².